The zero-order chi connectivity index (χ0) is 18.1. The van der Waals surface area contributed by atoms with Gasteiger partial charge in [-0.1, -0.05) is 48.5 Å². The molecule has 6 nitrogen and oxygen atoms in total. The Morgan fingerprint density at radius 1 is 0.920 bits per heavy atom. The van der Waals surface area contributed by atoms with Crippen LogP contribution in [0, 0.1) is 0 Å². The molecule has 130 valence electrons. The summed E-state index contributed by atoms with van der Waals surface area (Å²) in [5.74, 6) is -1.22. The van der Waals surface area contributed by atoms with Crippen molar-refractivity contribution < 1.29 is 19.1 Å². The van der Waals surface area contributed by atoms with E-state index < -0.39 is 17.9 Å². The van der Waals surface area contributed by atoms with Gasteiger partial charge in [0, 0.05) is 17.5 Å². The Kier molecular flexibility index (Phi) is 6.86. The molecule has 0 heterocycles. The summed E-state index contributed by atoms with van der Waals surface area (Å²) in [6.45, 7) is 1.86. The van der Waals surface area contributed by atoms with Gasteiger partial charge >= 0.3 is 5.97 Å². The number of hydrazine groups is 1. The van der Waals surface area contributed by atoms with E-state index in [2.05, 4.69) is 10.9 Å². The van der Waals surface area contributed by atoms with Crippen molar-refractivity contribution in [1.82, 2.24) is 10.9 Å². The van der Waals surface area contributed by atoms with Crippen LogP contribution in [0.4, 0.5) is 0 Å². The van der Waals surface area contributed by atoms with Crippen LogP contribution < -0.4 is 10.9 Å². The molecular formula is C19H20N2O4. The highest BCUT2D eigenvalue weighted by Crippen LogP contribution is 2.07. The number of ketones is 1. The molecular weight excluding hydrogens is 320 g/mol. The predicted molar refractivity (Wildman–Crippen MR) is 92.9 cm³/mol. The zero-order valence-corrected chi connectivity index (χ0v) is 13.9. The quantitative estimate of drug-likeness (QED) is 0.437. The molecule has 1 unspecified atom stereocenters. The number of hydrogen-bond donors (Lipinski definition) is 2. The number of Topliss-reactive ketones (excluding diaryl/α,β-unsaturated/α-hetero) is 1. The third-order valence-electron chi connectivity index (χ3n) is 3.45. The fourth-order valence-electron chi connectivity index (χ4n) is 2.18. The van der Waals surface area contributed by atoms with Crippen LogP contribution in [0.1, 0.15) is 34.1 Å². The summed E-state index contributed by atoms with van der Waals surface area (Å²) < 4.78 is 4.97. The van der Waals surface area contributed by atoms with Gasteiger partial charge in [-0.05, 0) is 19.1 Å². The Bertz CT molecular complexity index is 717. The van der Waals surface area contributed by atoms with E-state index in [9.17, 15) is 14.4 Å². The molecule has 1 atom stereocenters. The molecule has 0 saturated heterocycles. The van der Waals surface area contributed by atoms with Crippen molar-refractivity contribution >= 4 is 17.7 Å². The number of hydrogen-bond acceptors (Lipinski definition) is 5. The second kappa shape index (κ2) is 9.34. The molecule has 0 bridgehead atoms. The van der Waals surface area contributed by atoms with E-state index in [1.807, 2.05) is 0 Å². The van der Waals surface area contributed by atoms with Gasteiger partial charge in [0.2, 0.25) is 0 Å². The van der Waals surface area contributed by atoms with Gasteiger partial charge in [-0.15, -0.1) is 0 Å². The maximum absolute atomic E-state index is 12.3. The second-order valence-corrected chi connectivity index (χ2v) is 5.26. The van der Waals surface area contributed by atoms with Crippen molar-refractivity contribution in [2.24, 2.45) is 0 Å². The van der Waals surface area contributed by atoms with Gasteiger partial charge in [0.25, 0.3) is 5.91 Å². The highest BCUT2D eigenvalue weighted by Gasteiger charge is 2.24. The molecule has 0 aromatic heterocycles. The lowest BCUT2D eigenvalue weighted by Gasteiger charge is -2.17. The molecule has 25 heavy (non-hydrogen) atoms. The van der Waals surface area contributed by atoms with Crippen molar-refractivity contribution in [1.29, 1.82) is 0 Å². The van der Waals surface area contributed by atoms with Crippen molar-refractivity contribution in [3.8, 4) is 0 Å². The van der Waals surface area contributed by atoms with Gasteiger partial charge in [0.15, 0.2) is 5.78 Å². The highest BCUT2D eigenvalue weighted by molar-refractivity contribution is 5.99. The maximum atomic E-state index is 12.3. The molecule has 0 spiro atoms. The van der Waals surface area contributed by atoms with Crippen LogP contribution in [0.5, 0.6) is 0 Å². The molecule has 0 fully saturated rings. The number of carbonyl (C=O) groups is 3. The lowest BCUT2D eigenvalue weighted by Crippen LogP contribution is -2.49. The van der Waals surface area contributed by atoms with Gasteiger partial charge in [-0.3, -0.25) is 19.8 Å². The highest BCUT2D eigenvalue weighted by atomic mass is 16.5. The van der Waals surface area contributed by atoms with Crippen molar-refractivity contribution in [3.05, 3.63) is 71.8 Å². The van der Waals surface area contributed by atoms with Crippen LogP contribution in [0.15, 0.2) is 60.7 Å². The smallest absolute Gasteiger partial charge is 0.325 e. The molecule has 1 amide bonds. The Labute approximate surface area is 146 Å². The van der Waals surface area contributed by atoms with E-state index in [0.717, 1.165) is 0 Å². The molecule has 6 heteroatoms. The summed E-state index contributed by atoms with van der Waals surface area (Å²) in [5, 5.41) is 0. The average Bonchev–Trinajstić information content (AvgIpc) is 2.66. The SMILES string of the molecule is CCOC(=O)C(CC(=O)c1ccccc1)NNC(=O)c1ccccc1. The lowest BCUT2D eigenvalue weighted by atomic mass is 10.0. The van der Waals surface area contributed by atoms with E-state index in [1.54, 1.807) is 67.6 Å². The van der Waals surface area contributed by atoms with E-state index >= 15 is 0 Å². The Hall–Kier alpha value is -2.99. The minimum absolute atomic E-state index is 0.127. The van der Waals surface area contributed by atoms with Gasteiger partial charge in [0.05, 0.1) is 6.61 Å². The Balaban J connectivity index is 2.02. The number of carbonyl (C=O) groups excluding carboxylic acids is 3. The van der Waals surface area contributed by atoms with Crippen LogP contribution in [-0.2, 0) is 9.53 Å². The Morgan fingerprint density at radius 3 is 2.04 bits per heavy atom. The number of ether oxygens (including phenoxy) is 1. The van der Waals surface area contributed by atoms with Crippen LogP contribution >= 0.6 is 0 Å². The molecule has 0 aliphatic heterocycles. The fourth-order valence-corrected chi connectivity index (χ4v) is 2.18. The summed E-state index contributed by atoms with van der Waals surface area (Å²) in [5.41, 5.74) is 5.99. The van der Waals surface area contributed by atoms with Gasteiger partial charge in [-0.25, -0.2) is 5.43 Å². The predicted octanol–water partition coefficient (Wildman–Crippen LogP) is 2.13. The van der Waals surface area contributed by atoms with E-state index in [1.165, 1.54) is 0 Å². The summed E-state index contributed by atoms with van der Waals surface area (Å²) in [6, 6.07) is 16.2. The molecule has 0 saturated carbocycles. The van der Waals surface area contributed by atoms with Crippen LogP contribution in [-0.4, -0.2) is 30.3 Å². The first-order valence-electron chi connectivity index (χ1n) is 7.97. The van der Waals surface area contributed by atoms with E-state index in [-0.39, 0.29) is 18.8 Å². The first kappa shape index (κ1) is 18.4. The van der Waals surface area contributed by atoms with Gasteiger partial charge < -0.3 is 4.74 Å². The molecule has 2 rings (SSSR count). The number of amides is 1. The molecule has 0 aliphatic rings. The standard InChI is InChI=1S/C19H20N2O4/c1-2-25-19(24)16(13-17(22)14-9-5-3-6-10-14)20-21-18(23)15-11-7-4-8-12-15/h3-12,16,20H,2,13H2,1H3,(H,21,23). The summed E-state index contributed by atoms with van der Waals surface area (Å²) in [7, 11) is 0. The minimum atomic E-state index is -0.972. The first-order valence-corrected chi connectivity index (χ1v) is 7.97. The zero-order valence-electron chi connectivity index (χ0n) is 13.9. The van der Waals surface area contributed by atoms with Crippen molar-refractivity contribution in [2.75, 3.05) is 6.61 Å². The number of esters is 1. The van der Waals surface area contributed by atoms with E-state index in [4.69, 9.17) is 4.74 Å². The lowest BCUT2D eigenvalue weighted by molar-refractivity contribution is -0.145. The van der Waals surface area contributed by atoms with Crippen LogP contribution in [0.25, 0.3) is 0 Å². The summed E-state index contributed by atoms with van der Waals surface area (Å²) in [6.07, 6.45) is -0.127. The fraction of sp³-hybridized carbons (Fsp3) is 0.211. The average molecular weight is 340 g/mol. The van der Waals surface area contributed by atoms with Crippen LogP contribution in [0.3, 0.4) is 0 Å². The maximum Gasteiger partial charge on any atom is 0.325 e. The van der Waals surface area contributed by atoms with Gasteiger partial charge in [0.1, 0.15) is 6.04 Å². The molecule has 0 aliphatic carbocycles. The first-order chi connectivity index (χ1) is 12.1. The third kappa shape index (κ3) is 5.54. The molecule has 2 N–H and O–H groups in total. The topological polar surface area (TPSA) is 84.5 Å². The molecule has 2 aromatic rings. The minimum Gasteiger partial charge on any atom is -0.465 e. The van der Waals surface area contributed by atoms with E-state index in [0.29, 0.717) is 11.1 Å². The van der Waals surface area contributed by atoms with Gasteiger partial charge in [-0.2, -0.15) is 0 Å². The number of rotatable bonds is 8. The normalized spacial score (nSPS) is 11.4. The summed E-state index contributed by atoms with van der Waals surface area (Å²) >= 11 is 0. The monoisotopic (exact) mass is 340 g/mol. The van der Waals surface area contributed by atoms with Crippen molar-refractivity contribution in [3.63, 3.8) is 0 Å². The third-order valence-corrected chi connectivity index (χ3v) is 3.45. The largest absolute Gasteiger partial charge is 0.465 e. The number of benzene rings is 2. The summed E-state index contributed by atoms with van der Waals surface area (Å²) in [4.78, 5) is 36.5. The Morgan fingerprint density at radius 2 is 1.48 bits per heavy atom. The number of nitrogens with one attached hydrogen (secondary N) is 2. The second-order valence-electron chi connectivity index (χ2n) is 5.26. The molecule has 2 aromatic carbocycles. The molecule has 0 radical (unpaired) electrons. The van der Waals surface area contributed by atoms with Crippen LogP contribution in [0.2, 0.25) is 0 Å². The van der Waals surface area contributed by atoms with Crippen molar-refractivity contribution in [2.45, 2.75) is 19.4 Å².